The average molecular weight is 313 g/mol. The van der Waals surface area contributed by atoms with Crippen LogP contribution < -0.4 is 10.6 Å². The maximum Gasteiger partial charge on any atom is 0.314 e. The summed E-state index contributed by atoms with van der Waals surface area (Å²) in [5.41, 5.74) is 2.07. The van der Waals surface area contributed by atoms with Gasteiger partial charge in [0.15, 0.2) is 0 Å². The Labute approximate surface area is 132 Å². The van der Waals surface area contributed by atoms with Gasteiger partial charge in [-0.2, -0.15) is 0 Å². The lowest BCUT2D eigenvalue weighted by atomic mass is 10.1. The quantitative estimate of drug-likeness (QED) is 0.517. The number of para-hydroxylation sites is 2. The van der Waals surface area contributed by atoms with Gasteiger partial charge in [-0.1, -0.05) is 18.2 Å². The molecular weight excluding hydrogens is 298 g/mol. The predicted octanol–water partition coefficient (Wildman–Crippen LogP) is 2.79. The number of benzene rings is 2. The molecular formula is C16H15N3O4. The van der Waals surface area contributed by atoms with Crippen molar-refractivity contribution in [3.63, 3.8) is 0 Å². The van der Waals surface area contributed by atoms with Crippen molar-refractivity contribution in [1.29, 1.82) is 0 Å². The van der Waals surface area contributed by atoms with Gasteiger partial charge >= 0.3 is 11.8 Å². The van der Waals surface area contributed by atoms with Gasteiger partial charge in [0.05, 0.1) is 4.92 Å². The maximum absolute atomic E-state index is 11.9. The summed E-state index contributed by atoms with van der Waals surface area (Å²) in [6, 6.07) is 11.0. The molecule has 0 unspecified atom stereocenters. The number of carbonyl (C=O) groups excluding carboxylic acids is 2. The normalized spacial score (nSPS) is 10.0. The van der Waals surface area contributed by atoms with Gasteiger partial charge in [-0.05, 0) is 43.2 Å². The highest BCUT2D eigenvalue weighted by molar-refractivity contribution is 6.43. The predicted molar refractivity (Wildman–Crippen MR) is 86.3 cm³/mol. The van der Waals surface area contributed by atoms with Crippen LogP contribution in [0.1, 0.15) is 11.1 Å². The van der Waals surface area contributed by atoms with Gasteiger partial charge in [0.2, 0.25) is 0 Å². The lowest BCUT2D eigenvalue weighted by Gasteiger charge is -2.08. The Balaban J connectivity index is 2.12. The molecule has 2 amide bonds. The standard InChI is InChI=1S/C16H15N3O4/c1-10-7-11(2)9-12(8-10)17-15(20)16(21)18-13-5-3-4-6-14(13)19(22)23/h3-9H,1-2H3,(H,17,20)(H,18,21). The van der Waals surface area contributed by atoms with E-state index >= 15 is 0 Å². The molecule has 2 aromatic carbocycles. The third-order valence-electron chi connectivity index (χ3n) is 3.03. The molecule has 2 N–H and O–H groups in total. The fraction of sp³-hybridized carbons (Fsp3) is 0.125. The summed E-state index contributed by atoms with van der Waals surface area (Å²) < 4.78 is 0. The number of aryl methyl sites for hydroxylation is 2. The van der Waals surface area contributed by atoms with Crippen molar-refractivity contribution in [3.8, 4) is 0 Å². The van der Waals surface area contributed by atoms with Crippen LogP contribution in [-0.2, 0) is 9.59 Å². The van der Waals surface area contributed by atoms with E-state index in [9.17, 15) is 19.7 Å². The highest BCUT2D eigenvalue weighted by Crippen LogP contribution is 2.23. The van der Waals surface area contributed by atoms with Gasteiger partial charge in [-0.25, -0.2) is 0 Å². The molecule has 0 aliphatic heterocycles. The molecule has 0 fully saturated rings. The Morgan fingerprint density at radius 3 is 2.13 bits per heavy atom. The minimum atomic E-state index is -0.974. The maximum atomic E-state index is 11.9. The number of hydrogen-bond donors (Lipinski definition) is 2. The molecule has 0 spiro atoms. The monoisotopic (exact) mass is 313 g/mol. The molecule has 2 aromatic rings. The van der Waals surface area contributed by atoms with Gasteiger partial charge in [-0.3, -0.25) is 19.7 Å². The molecule has 2 rings (SSSR count). The second-order valence-electron chi connectivity index (χ2n) is 5.06. The third-order valence-corrected chi connectivity index (χ3v) is 3.03. The van der Waals surface area contributed by atoms with Crippen molar-refractivity contribution < 1.29 is 14.5 Å². The summed E-state index contributed by atoms with van der Waals surface area (Å²) in [6.45, 7) is 3.74. The average Bonchev–Trinajstić information content (AvgIpc) is 2.46. The minimum absolute atomic E-state index is 0.0296. The molecule has 118 valence electrons. The zero-order chi connectivity index (χ0) is 17.0. The lowest BCUT2D eigenvalue weighted by molar-refractivity contribution is -0.383. The van der Waals surface area contributed by atoms with Gasteiger partial charge in [0, 0.05) is 11.8 Å². The van der Waals surface area contributed by atoms with Gasteiger partial charge in [0.25, 0.3) is 5.69 Å². The number of nitro benzene ring substituents is 1. The molecule has 0 aliphatic rings. The molecule has 23 heavy (non-hydrogen) atoms. The zero-order valence-corrected chi connectivity index (χ0v) is 12.6. The Hall–Kier alpha value is -3.22. The first-order valence-corrected chi connectivity index (χ1v) is 6.81. The van der Waals surface area contributed by atoms with E-state index in [0.29, 0.717) is 5.69 Å². The Morgan fingerprint density at radius 1 is 0.957 bits per heavy atom. The van der Waals surface area contributed by atoms with Crippen molar-refractivity contribution >= 4 is 28.9 Å². The van der Waals surface area contributed by atoms with E-state index in [1.165, 1.54) is 24.3 Å². The Morgan fingerprint density at radius 2 is 1.52 bits per heavy atom. The van der Waals surface area contributed by atoms with Crippen LogP contribution in [0.4, 0.5) is 17.1 Å². The molecule has 0 atom stereocenters. The first-order valence-electron chi connectivity index (χ1n) is 6.81. The Kier molecular flexibility index (Phi) is 4.70. The molecule has 0 aromatic heterocycles. The van der Waals surface area contributed by atoms with Crippen LogP contribution in [-0.4, -0.2) is 16.7 Å². The van der Waals surface area contributed by atoms with E-state index in [1.807, 2.05) is 19.9 Å². The molecule has 0 aliphatic carbocycles. The molecule has 0 saturated heterocycles. The number of hydrogen-bond acceptors (Lipinski definition) is 4. The van der Waals surface area contributed by atoms with Crippen LogP contribution >= 0.6 is 0 Å². The fourth-order valence-corrected chi connectivity index (χ4v) is 2.15. The molecule has 0 radical (unpaired) electrons. The first-order chi connectivity index (χ1) is 10.9. The molecule has 7 heteroatoms. The number of nitrogens with one attached hydrogen (secondary N) is 2. The largest absolute Gasteiger partial charge is 0.318 e. The van der Waals surface area contributed by atoms with Crippen molar-refractivity contribution in [1.82, 2.24) is 0 Å². The van der Waals surface area contributed by atoms with Gasteiger partial charge in [0.1, 0.15) is 5.69 Å². The number of anilines is 2. The second-order valence-corrected chi connectivity index (χ2v) is 5.06. The smallest absolute Gasteiger partial charge is 0.314 e. The molecule has 0 saturated carbocycles. The second kappa shape index (κ2) is 6.69. The Bertz CT molecular complexity index is 766. The van der Waals surface area contributed by atoms with E-state index in [1.54, 1.807) is 12.1 Å². The molecule has 0 heterocycles. The van der Waals surface area contributed by atoms with Crippen LogP contribution in [0.3, 0.4) is 0 Å². The van der Waals surface area contributed by atoms with E-state index < -0.39 is 16.7 Å². The number of nitro groups is 1. The number of carbonyl (C=O) groups is 2. The fourth-order valence-electron chi connectivity index (χ4n) is 2.15. The summed E-state index contributed by atoms with van der Waals surface area (Å²) in [6.07, 6.45) is 0. The molecule has 7 nitrogen and oxygen atoms in total. The van der Waals surface area contributed by atoms with Crippen molar-refractivity contribution in [3.05, 3.63) is 63.7 Å². The first kappa shape index (κ1) is 16.2. The summed E-state index contributed by atoms with van der Waals surface area (Å²) in [4.78, 5) is 34.1. The number of nitrogens with zero attached hydrogens (tertiary/aromatic N) is 1. The number of rotatable bonds is 3. The van der Waals surface area contributed by atoms with Crippen LogP contribution in [0.25, 0.3) is 0 Å². The summed E-state index contributed by atoms with van der Waals surface area (Å²) >= 11 is 0. The highest BCUT2D eigenvalue weighted by atomic mass is 16.6. The van der Waals surface area contributed by atoms with E-state index in [0.717, 1.165) is 11.1 Å². The molecule has 0 bridgehead atoms. The van der Waals surface area contributed by atoms with Crippen LogP contribution in [0.15, 0.2) is 42.5 Å². The number of amides is 2. The van der Waals surface area contributed by atoms with Crippen LogP contribution in [0, 0.1) is 24.0 Å². The van der Waals surface area contributed by atoms with E-state index in [-0.39, 0.29) is 11.4 Å². The van der Waals surface area contributed by atoms with Crippen molar-refractivity contribution in [2.75, 3.05) is 10.6 Å². The van der Waals surface area contributed by atoms with Crippen LogP contribution in [0.5, 0.6) is 0 Å². The summed E-state index contributed by atoms with van der Waals surface area (Å²) in [5.74, 6) is -1.87. The van der Waals surface area contributed by atoms with E-state index in [2.05, 4.69) is 10.6 Å². The topological polar surface area (TPSA) is 101 Å². The van der Waals surface area contributed by atoms with Crippen molar-refractivity contribution in [2.24, 2.45) is 0 Å². The zero-order valence-electron chi connectivity index (χ0n) is 12.6. The van der Waals surface area contributed by atoms with Gasteiger partial charge in [-0.15, -0.1) is 0 Å². The highest BCUT2D eigenvalue weighted by Gasteiger charge is 2.19. The lowest BCUT2D eigenvalue weighted by Crippen LogP contribution is -2.29. The van der Waals surface area contributed by atoms with Gasteiger partial charge < -0.3 is 10.6 Å². The minimum Gasteiger partial charge on any atom is -0.318 e. The summed E-state index contributed by atoms with van der Waals surface area (Å²) in [5, 5.41) is 15.6. The van der Waals surface area contributed by atoms with Crippen LogP contribution in [0.2, 0.25) is 0 Å². The SMILES string of the molecule is Cc1cc(C)cc(NC(=O)C(=O)Nc2ccccc2[N+](=O)[O-])c1. The third kappa shape index (κ3) is 4.13. The summed E-state index contributed by atoms with van der Waals surface area (Å²) in [7, 11) is 0. The van der Waals surface area contributed by atoms with Crippen molar-refractivity contribution in [2.45, 2.75) is 13.8 Å². The van der Waals surface area contributed by atoms with E-state index in [4.69, 9.17) is 0 Å².